The average Bonchev–Trinajstić information content (AvgIpc) is 3.03. The van der Waals surface area contributed by atoms with Gasteiger partial charge in [-0.05, 0) is 37.1 Å². The molecular weight excluding hydrogens is 356 g/mol. The zero-order valence-corrected chi connectivity index (χ0v) is 16.8. The highest BCUT2D eigenvalue weighted by Crippen LogP contribution is 2.34. The highest BCUT2D eigenvalue weighted by atomic mass is 16.5. The molecule has 1 unspecified atom stereocenters. The number of fused-ring (bicyclic) bond motifs is 1. The van der Waals surface area contributed by atoms with Gasteiger partial charge in [0.25, 0.3) is 0 Å². The van der Waals surface area contributed by atoms with E-state index in [1.807, 2.05) is 30.0 Å². The quantitative estimate of drug-likeness (QED) is 0.768. The Balaban J connectivity index is 1.80. The lowest BCUT2D eigenvalue weighted by molar-refractivity contribution is -0.119. The van der Waals surface area contributed by atoms with Crippen LogP contribution in [0.25, 0.3) is 0 Å². The molecule has 1 heterocycles. The summed E-state index contributed by atoms with van der Waals surface area (Å²) in [5.74, 6) is 1.03. The second kappa shape index (κ2) is 8.33. The van der Waals surface area contributed by atoms with E-state index in [1.54, 1.807) is 37.3 Å². The van der Waals surface area contributed by atoms with Gasteiger partial charge in [0.05, 0.1) is 19.9 Å². The van der Waals surface area contributed by atoms with Crippen molar-refractivity contribution in [3.05, 3.63) is 48.0 Å². The van der Waals surface area contributed by atoms with Crippen LogP contribution in [0.5, 0.6) is 11.5 Å². The molecular formula is C22H26N2O4. The first kappa shape index (κ1) is 19.7. The summed E-state index contributed by atoms with van der Waals surface area (Å²) in [5.41, 5.74) is 2.74. The monoisotopic (exact) mass is 382 g/mol. The Morgan fingerprint density at radius 3 is 2.57 bits per heavy atom. The second-order valence-corrected chi connectivity index (χ2v) is 6.90. The molecule has 0 radical (unpaired) electrons. The third-order valence-corrected chi connectivity index (χ3v) is 5.08. The molecule has 0 saturated carbocycles. The molecule has 0 fully saturated rings. The number of hydrogen-bond acceptors (Lipinski definition) is 4. The topological polar surface area (TPSA) is 59.1 Å². The van der Waals surface area contributed by atoms with Crippen LogP contribution >= 0.6 is 0 Å². The Hall–Kier alpha value is -3.02. The van der Waals surface area contributed by atoms with Gasteiger partial charge < -0.3 is 19.3 Å². The summed E-state index contributed by atoms with van der Waals surface area (Å²) in [6.45, 7) is 3.80. The van der Waals surface area contributed by atoms with Gasteiger partial charge in [-0.3, -0.25) is 9.59 Å². The van der Waals surface area contributed by atoms with Gasteiger partial charge in [0.1, 0.15) is 11.5 Å². The van der Waals surface area contributed by atoms with Crippen LogP contribution in [-0.2, 0) is 16.0 Å². The minimum Gasteiger partial charge on any atom is -0.497 e. The molecule has 0 saturated heterocycles. The molecule has 0 spiro atoms. The fraction of sp³-hybridized carbons (Fsp3) is 0.364. The van der Waals surface area contributed by atoms with Crippen molar-refractivity contribution in [2.24, 2.45) is 0 Å². The summed E-state index contributed by atoms with van der Waals surface area (Å²) in [6, 6.07) is 13.4. The summed E-state index contributed by atoms with van der Waals surface area (Å²) in [4.78, 5) is 28.7. The zero-order chi connectivity index (χ0) is 20.3. The maximum absolute atomic E-state index is 13.0. The van der Waals surface area contributed by atoms with Crippen molar-refractivity contribution in [2.45, 2.75) is 32.7 Å². The summed E-state index contributed by atoms with van der Waals surface area (Å²) in [7, 11) is 3.12. The third-order valence-electron chi connectivity index (χ3n) is 5.08. The van der Waals surface area contributed by atoms with Gasteiger partial charge in [-0.1, -0.05) is 18.2 Å². The fourth-order valence-electron chi connectivity index (χ4n) is 3.73. The number of hydrogen-bond donors (Lipinski definition) is 0. The molecule has 2 amide bonds. The van der Waals surface area contributed by atoms with Crippen LogP contribution in [0.2, 0.25) is 0 Å². The number of anilines is 2. The normalized spacial score (nSPS) is 15.1. The molecule has 1 atom stereocenters. The SMILES string of the molecule is COc1ccc(OC)c(N(CCC(=O)N2c3ccccc3CC2C)C(C)=O)c1. The van der Waals surface area contributed by atoms with Crippen LogP contribution in [0, 0.1) is 0 Å². The van der Waals surface area contributed by atoms with E-state index in [2.05, 4.69) is 6.07 Å². The number of carbonyl (C=O) groups is 2. The molecule has 6 heteroatoms. The van der Waals surface area contributed by atoms with Crippen molar-refractivity contribution < 1.29 is 19.1 Å². The average molecular weight is 382 g/mol. The first-order valence-electron chi connectivity index (χ1n) is 9.36. The molecule has 2 aromatic carbocycles. The van der Waals surface area contributed by atoms with Crippen LogP contribution in [0.4, 0.5) is 11.4 Å². The Kier molecular flexibility index (Phi) is 5.87. The van der Waals surface area contributed by atoms with Gasteiger partial charge in [0.15, 0.2) is 0 Å². The van der Waals surface area contributed by atoms with Crippen LogP contribution in [0.3, 0.4) is 0 Å². The molecule has 0 aliphatic carbocycles. The van der Waals surface area contributed by atoms with Gasteiger partial charge >= 0.3 is 0 Å². The number of methoxy groups -OCH3 is 2. The van der Waals surface area contributed by atoms with Gasteiger partial charge in [0, 0.05) is 37.7 Å². The molecule has 0 N–H and O–H groups in total. The van der Waals surface area contributed by atoms with Gasteiger partial charge in [-0.15, -0.1) is 0 Å². The van der Waals surface area contributed by atoms with E-state index in [0.717, 1.165) is 12.1 Å². The molecule has 0 aromatic heterocycles. The van der Waals surface area contributed by atoms with Crippen molar-refractivity contribution in [1.29, 1.82) is 0 Å². The van der Waals surface area contributed by atoms with E-state index in [4.69, 9.17) is 9.47 Å². The highest BCUT2D eigenvalue weighted by molar-refractivity contribution is 5.98. The Bertz CT molecular complexity index is 881. The molecule has 1 aliphatic rings. The van der Waals surface area contributed by atoms with Gasteiger partial charge in [-0.25, -0.2) is 0 Å². The zero-order valence-electron chi connectivity index (χ0n) is 16.8. The van der Waals surface area contributed by atoms with Crippen molar-refractivity contribution in [1.82, 2.24) is 0 Å². The van der Waals surface area contributed by atoms with Crippen LogP contribution < -0.4 is 19.3 Å². The highest BCUT2D eigenvalue weighted by Gasteiger charge is 2.31. The molecule has 2 aromatic rings. The lowest BCUT2D eigenvalue weighted by Crippen LogP contribution is -2.39. The third kappa shape index (κ3) is 3.81. The number of benzene rings is 2. The second-order valence-electron chi connectivity index (χ2n) is 6.90. The van der Waals surface area contributed by atoms with Gasteiger partial charge in [0.2, 0.25) is 11.8 Å². The van der Waals surface area contributed by atoms with Gasteiger partial charge in [-0.2, -0.15) is 0 Å². The summed E-state index contributed by atoms with van der Waals surface area (Å²) in [6.07, 6.45) is 1.07. The lowest BCUT2D eigenvalue weighted by Gasteiger charge is -2.26. The first-order chi connectivity index (χ1) is 13.5. The number of amides is 2. The van der Waals surface area contributed by atoms with Crippen molar-refractivity contribution in [3.63, 3.8) is 0 Å². The first-order valence-corrected chi connectivity index (χ1v) is 9.36. The smallest absolute Gasteiger partial charge is 0.229 e. The molecule has 6 nitrogen and oxygen atoms in total. The number of para-hydroxylation sites is 1. The molecule has 148 valence electrons. The van der Waals surface area contributed by atoms with E-state index < -0.39 is 0 Å². The van der Waals surface area contributed by atoms with Crippen molar-refractivity contribution in [2.75, 3.05) is 30.6 Å². The number of rotatable bonds is 6. The van der Waals surface area contributed by atoms with Crippen molar-refractivity contribution >= 4 is 23.2 Å². The predicted octanol–water partition coefficient (Wildman–Crippen LogP) is 3.42. The minimum atomic E-state index is -0.158. The van der Waals surface area contributed by atoms with E-state index in [1.165, 1.54) is 12.5 Å². The Morgan fingerprint density at radius 2 is 1.89 bits per heavy atom. The standard InChI is InChI=1S/C22H26N2O4/c1-15-13-17-7-5-6-8-19(17)24(15)22(26)11-12-23(16(2)25)20-14-18(27-3)9-10-21(20)28-4/h5-10,14-15H,11-13H2,1-4H3. The van der Waals surface area contributed by atoms with Crippen LogP contribution in [0.15, 0.2) is 42.5 Å². The largest absolute Gasteiger partial charge is 0.497 e. The van der Waals surface area contributed by atoms with E-state index in [0.29, 0.717) is 17.2 Å². The predicted molar refractivity (Wildman–Crippen MR) is 109 cm³/mol. The Labute approximate surface area is 165 Å². The number of nitrogens with zero attached hydrogens (tertiary/aromatic N) is 2. The van der Waals surface area contributed by atoms with Crippen molar-refractivity contribution in [3.8, 4) is 11.5 Å². The van der Waals surface area contributed by atoms with E-state index >= 15 is 0 Å². The molecule has 28 heavy (non-hydrogen) atoms. The summed E-state index contributed by atoms with van der Waals surface area (Å²) < 4.78 is 10.7. The Morgan fingerprint density at radius 1 is 1.14 bits per heavy atom. The van der Waals surface area contributed by atoms with Crippen LogP contribution in [0.1, 0.15) is 25.8 Å². The molecule has 0 bridgehead atoms. The maximum atomic E-state index is 13.0. The fourth-order valence-corrected chi connectivity index (χ4v) is 3.73. The number of carbonyl (C=O) groups excluding carboxylic acids is 2. The summed E-state index contributed by atoms with van der Waals surface area (Å²) >= 11 is 0. The lowest BCUT2D eigenvalue weighted by atomic mass is 10.1. The number of ether oxygens (including phenoxy) is 2. The molecule has 1 aliphatic heterocycles. The molecule has 3 rings (SSSR count). The maximum Gasteiger partial charge on any atom is 0.229 e. The van der Waals surface area contributed by atoms with Crippen LogP contribution in [-0.4, -0.2) is 38.6 Å². The summed E-state index contributed by atoms with van der Waals surface area (Å²) in [5, 5.41) is 0. The van der Waals surface area contributed by atoms with E-state index in [9.17, 15) is 9.59 Å². The minimum absolute atomic E-state index is 0.00515. The van der Waals surface area contributed by atoms with E-state index in [-0.39, 0.29) is 30.8 Å².